The van der Waals surface area contributed by atoms with Gasteiger partial charge >= 0.3 is 11.9 Å². The molecule has 0 aliphatic carbocycles. The molecule has 0 saturated heterocycles. The van der Waals surface area contributed by atoms with E-state index in [0.717, 1.165) is 22.2 Å². The van der Waals surface area contributed by atoms with Gasteiger partial charge in [0, 0.05) is 10.2 Å². The smallest absolute Gasteiger partial charge is 0.433 e. The number of rotatable bonds is 5. The van der Waals surface area contributed by atoms with Gasteiger partial charge in [-0.25, -0.2) is 4.79 Å². The van der Waals surface area contributed by atoms with Crippen molar-refractivity contribution in [3.8, 4) is 0 Å². The molecule has 0 aliphatic rings. The standard InChI is InChI=1S/C14H11BrN2O6/c1-8-2-3-9(6-10(8)15)16-12(18)7-22-14(19)11-4-5-13(23-11)17(20)21/h2-6H,7H2,1H3,(H,16,18). The number of anilines is 1. The van der Waals surface area contributed by atoms with Gasteiger partial charge in [0.15, 0.2) is 6.61 Å². The maximum Gasteiger partial charge on any atom is 0.433 e. The molecule has 0 spiro atoms. The first-order valence-corrected chi connectivity index (χ1v) is 7.13. The number of halogens is 1. The van der Waals surface area contributed by atoms with E-state index in [1.165, 1.54) is 0 Å². The average molecular weight is 383 g/mol. The minimum atomic E-state index is -0.960. The molecule has 0 fully saturated rings. The number of hydrogen-bond acceptors (Lipinski definition) is 6. The van der Waals surface area contributed by atoms with Gasteiger partial charge in [-0.3, -0.25) is 14.9 Å². The molecule has 9 heteroatoms. The fourth-order valence-corrected chi connectivity index (χ4v) is 1.98. The van der Waals surface area contributed by atoms with Crippen LogP contribution >= 0.6 is 15.9 Å². The molecule has 0 aliphatic heterocycles. The van der Waals surface area contributed by atoms with E-state index in [-0.39, 0.29) is 5.76 Å². The Kier molecular flexibility index (Phi) is 5.12. The first-order valence-electron chi connectivity index (χ1n) is 6.34. The van der Waals surface area contributed by atoms with Crippen LogP contribution in [0.4, 0.5) is 11.6 Å². The Bertz CT molecular complexity index is 770. The fourth-order valence-electron chi connectivity index (χ4n) is 1.61. The second kappa shape index (κ2) is 7.05. The number of nitrogens with zero attached hydrogens (tertiary/aromatic N) is 1. The number of hydrogen-bond donors (Lipinski definition) is 1. The summed E-state index contributed by atoms with van der Waals surface area (Å²) in [7, 11) is 0. The van der Waals surface area contributed by atoms with Gasteiger partial charge < -0.3 is 14.5 Å². The Morgan fingerprint density at radius 2 is 2.09 bits per heavy atom. The van der Waals surface area contributed by atoms with Gasteiger partial charge in [0.1, 0.15) is 4.92 Å². The summed E-state index contributed by atoms with van der Waals surface area (Å²) in [6.45, 7) is 1.36. The number of aryl methyl sites for hydroxylation is 1. The second-order valence-corrected chi connectivity index (χ2v) is 5.34. The molecule has 1 amide bonds. The zero-order valence-electron chi connectivity index (χ0n) is 11.9. The van der Waals surface area contributed by atoms with Gasteiger partial charge in [-0.05, 0) is 30.7 Å². The number of ether oxygens (including phenoxy) is 1. The molecule has 1 aromatic heterocycles. The predicted molar refractivity (Wildman–Crippen MR) is 83.2 cm³/mol. The van der Waals surface area contributed by atoms with Crippen LogP contribution in [-0.4, -0.2) is 23.4 Å². The lowest BCUT2D eigenvalue weighted by atomic mass is 10.2. The topological polar surface area (TPSA) is 112 Å². The predicted octanol–water partition coefficient (Wildman–Crippen LogP) is 3.05. The average Bonchev–Trinajstić information content (AvgIpc) is 2.99. The number of amides is 1. The molecule has 1 heterocycles. The van der Waals surface area contributed by atoms with Crippen LogP contribution in [0.1, 0.15) is 16.1 Å². The van der Waals surface area contributed by atoms with Crippen molar-refractivity contribution in [2.24, 2.45) is 0 Å². The van der Waals surface area contributed by atoms with Gasteiger partial charge in [-0.1, -0.05) is 22.0 Å². The van der Waals surface area contributed by atoms with Crippen molar-refractivity contribution in [2.75, 3.05) is 11.9 Å². The molecular weight excluding hydrogens is 372 g/mol. The third-order valence-electron chi connectivity index (χ3n) is 2.76. The molecule has 23 heavy (non-hydrogen) atoms. The number of furan rings is 1. The van der Waals surface area contributed by atoms with Crippen molar-refractivity contribution >= 4 is 39.4 Å². The van der Waals surface area contributed by atoms with E-state index in [2.05, 4.69) is 25.7 Å². The molecule has 0 radical (unpaired) electrons. The number of carbonyl (C=O) groups is 2. The molecule has 0 saturated carbocycles. The van der Waals surface area contributed by atoms with Crippen LogP contribution in [0, 0.1) is 17.0 Å². The van der Waals surface area contributed by atoms with E-state index in [4.69, 9.17) is 4.74 Å². The molecule has 1 N–H and O–H groups in total. The van der Waals surface area contributed by atoms with Gasteiger partial charge in [-0.2, -0.15) is 0 Å². The summed E-state index contributed by atoms with van der Waals surface area (Å²) in [6, 6.07) is 7.37. The summed E-state index contributed by atoms with van der Waals surface area (Å²) in [5.74, 6) is -2.43. The van der Waals surface area contributed by atoms with Gasteiger partial charge in [0.2, 0.25) is 5.76 Å². The maximum atomic E-state index is 11.7. The summed E-state index contributed by atoms with van der Waals surface area (Å²) in [5.41, 5.74) is 1.55. The third-order valence-corrected chi connectivity index (χ3v) is 3.62. The molecule has 2 aromatic rings. The first-order chi connectivity index (χ1) is 10.9. The van der Waals surface area contributed by atoms with Crippen LogP contribution in [0.15, 0.2) is 39.2 Å². The Hall–Kier alpha value is -2.68. The van der Waals surface area contributed by atoms with E-state index in [1.807, 2.05) is 13.0 Å². The third kappa shape index (κ3) is 4.39. The quantitative estimate of drug-likeness (QED) is 0.483. The summed E-state index contributed by atoms with van der Waals surface area (Å²) >= 11 is 3.34. The van der Waals surface area contributed by atoms with Gasteiger partial charge in [0.25, 0.3) is 5.91 Å². The maximum absolute atomic E-state index is 11.7. The van der Waals surface area contributed by atoms with Crippen LogP contribution in [0.3, 0.4) is 0 Å². The molecule has 0 atom stereocenters. The lowest BCUT2D eigenvalue weighted by molar-refractivity contribution is -0.402. The van der Waals surface area contributed by atoms with E-state index < -0.39 is 29.3 Å². The Morgan fingerprint density at radius 1 is 1.35 bits per heavy atom. The molecule has 1 aromatic carbocycles. The van der Waals surface area contributed by atoms with Crippen molar-refractivity contribution in [3.63, 3.8) is 0 Å². The number of carbonyl (C=O) groups excluding carboxylic acids is 2. The minimum Gasteiger partial charge on any atom is -0.450 e. The normalized spacial score (nSPS) is 10.2. The Labute approximate surface area is 138 Å². The lowest BCUT2D eigenvalue weighted by Crippen LogP contribution is -2.20. The summed E-state index contributed by atoms with van der Waals surface area (Å²) in [5, 5.41) is 13.0. The van der Waals surface area contributed by atoms with Gasteiger partial charge in [-0.15, -0.1) is 0 Å². The highest BCUT2D eigenvalue weighted by Crippen LogP contribution is 2.20. The number of benzene rings is 1. The largest absolute Gasteiger partial charge is 0.450 e. The molecule has 0 bridgehead atoms. The molecular formula is C14H11BrN2O6. The highest BCUT2D eigenvalue weighted by Gasteiger charge is 2.19. The van der Waals surface area contributed by atoms with Crippen LogP contribution in [0.2, 0.25) is 0 Å². The summed E-state index contributed by atoms with van der Waals surface area (Å²) in [4.78, 5) is 33.0. The van der Waals surface area contributed by atoms with Crippen molar-refractivity contribution in [2.45, 2.75) is 6.92 Å². The minimum absolute atomic E-state index is 0.345. The number of nitro groups is 1. The van der Waals surface area contributed by atoms with Crippen LogP contribution in [0.5, 0.6) is 0 Å². The highest BCUT2D eigenvalue weighted by molar-refractivity contribution is 9.10. The lowest BCUT2D eigenvalue weighted by Gasteiger charge is -2.07. The van der Waals surface area contributed by atoms with E-state index in [1.54, 1.807) is 12.1 Å². The van der Waals surface area contributed by atoms with E-state index >= 15 is 0 Å². The second-order valence-electron chi connectivity index (χ2n) is 4.48. The molecule has 120 valence electrons. The monoisotopic (exact) mass is 382 g/mol. The van der Waals surface area contributed by atoms with Crippen LogP contribution in [-0.2, 0) is 9.53 Å². The zero-order valence-corrected chi connectivity index (χ0v) is 13.5. The highest BCUT2D eigenvalue weighted by atomic mass is 79.9. The van der Waals surface area contributed by atoms with Crippen molar-refractivity contribution < 1.29 is 23.7 Å². The Morgan fingerprint density at radius 3 is 2.70 bits per heavy atom. The molecule has 8 nitrogen and oxygen atoms in total. The van der Waals surface area contributed by atoms with Crippen molar-refractivity contribution in [1.29, 1.82) is 0 Å². The van der Waals surface area contributed by atoms with Gasteiger partial charge in [0.05, 0.1) is 6.07 Å². The molecule has 0 unspecified atom stereocenters. The summed E-state index contributed by atoms with van der Waals surface area (Å²) in [6.07, 6.45) is 0. The number of nitrogens with one attached hydrogen (secondary N) is 1. The van der Waals surface area contributed by atoms with Crippen molar-refractivity contribution in [1.82, 2.24) is 0 Å². The fraction of sp³-hybridized carbons (Fsp3) is 0.143. The molecule has 2 rings (SSSR count). The summed E-state index contributed by atoms with van der Waals surface area (Å²) < 4.78 is 10.2. The number of esters is 1. The Balaban J connectivity index is 1.89. The van der Waals surface area contributed by atoms with Crippen LogP contribution < -0.4 is 5.32 Å². The van der Waals surface area contributed by atoms with Crippen LogP contribution in [0.25, 0.3) is 0 Å². The van der Waals surface area contributed by atoms with E-state index in [9.17, 15) is 19.7 Å². The van der Waals surface area contributed by atoms with E-state index in [0.29, 0.717) is 5.69 Å². The SMILES string of the molecule is Cc1ccc(NC(=O)COC(=O)c2ccc([N+](=O)[O-])o2)cc1Br. The zero-order chi connectivity index (χ0) is 17.0. The first kappa shape index (κ1) is 16.7. The van der Waals surface area contributed by atoms with Crippen molar-refractivity contribution in [3.05, 3.63) is 56.2 Å².